The first-order chi connectivity index (χ1) is 12.6. The van der Waals surface area contributed by atoms with E-state index in [1.807, 2.05) is 47.0 Å². The molecule has 7 heteroatoms. The highest BCUT2D eigenvalue weighted by molar-refractivity contribution is 7.98. The number of benzene rings is 2. The lowest BCUT2D eigenvalue weighted by Gasteiger charge is -2.06. The van der Waals surface area contributed by atoms with E-state index in [1.54, 1.807) is 0 Å². The summed E-state index contributed by atoms with van der Waals surface area (Å²) in [5.41, 5.74) is 3.84. The number of fused-ring (bicyclic) bond motifs is 1. The highest BCUT2D eigenvalue weighted by Crippen LogP contribution is 2.26. The van der Waals surface area contributed by atoms with Crippen LogP contribution in [0.4, 0.5) is 0 Å². The number of aryl methyl sites for hydroxylation is 1. The summed E-state index contributed by atoms with van der Waals surface area (Å²) in [6, 6.07) is 18.0. The van der Waals surface area contributed by atoms with E-state index in [0.717, 1.165) is 11.4 Å². The highest BCUT2D eigenvalue weighted by atomic mass is 32.2. The Hall–Kier alpha value is -2.22. The molecule has 0 spiro atoms. The van der Waals surface area contributed by atoms with Crippen LogP contribution in [0.25, 0.3) is 16.0 Å². The van der Waals surface area contributed by atoms with Gasteiger partial charge in [0.25, 0.3) is 5.56 Å². The molecule has 0 atom stereocenters. The zero-order valence-electron chi connectivity index (χ0n) is 13.9. The molecule has 0 saturated heterocycles. The van der Waals surface area contributed by atoms with E-state index >= 15 is 0 Å². The lowest BCUT2D eigenvalue weighted by atomic mass is 10.1. The second kappa shape index (κ2) is 7.19. The Morgan fingerprint density at radius 1 is 1.15 bits per heavy atom. The minimum atomic E-state index is -0.145. The molecule has 4 nitrogen and oxygen atoms in total. The van der Waals surface area contributed by atoms with E-state index in [0.29, 0.717) is 19.5 Å². The van der Waals surface area contributed by atoms with Crippen molar-refractivity contribution in [2.75, 3.05) is 0 Å². The minimum Gasteiger partial charge on any atom is -0.300 e. The molecular weight excluding hydrogens is 382 g/mol. The molecule has 0 amide bonds. The minimum absolute atomic E-state index is 0.145. The van der Waals surface area contributed by atoms with Gasteiger partial charge in [-0.3, -0.25) is 9.36 Å². The molecule has 0 aliphatic carbocycles. The third-order valence-corrected chi connectivity index (χ3v) is 6.35. The molecule has 2 aromatic carbocycles. The van der Waals surface area contributed by atoms with Gasteiger partial charge in [0.1, 0.15) is 4.70 Å². The molecule has 4 aromatic rings. The maximum atomic E-state index is 12.5. The molecule has 130 valence electrons. The Kier molecular flexibility index (Phi) is 4.76. The Morgan fingerprint density at radius 2 is 1.88 bits per heavy atom. The smallest absolute Gasteiger partial charge is 0.271 e. The van der Waals surface area contributed by atoms with Gasteiger partial charge in [0.15, 0.2) is 14.8 Å². The second-order valence-electron chi connectivity index (χ2n) is 5.78. The number of hydrogen-bond donors (Lipinski definition) is 1. The van der Waals surface area contributed by atoms with Crippen molar-refractivity contribution in [1.29, 1.82) is 0 Å². The van der Waals surface area contributed by atoms with Gasteiger partial charge in [0.2, 0.25) is 0 Å². The summed E-state index contributed by atoms with van der Waals surface area (Å²) in [5.74, 6) is 0.747. The first kappa shape index (κ1) is 17.2. The lowest BCUT2D eigenvalue weighted by molar-refractivity contribution is 0.943. The van der Waals surface area contributed by atoms with Crippen LogP contribution in [0.15, 0.2) is 64.5 Å². The van der Waals surface area contributed by atoms with Gasteiger partial charge in [0, 0.05) is 11.4 Å². The van der Waals surface area contributed by atoms with Crippen molar-refractivity contribution < 1.29 is 0 Å². The average molecular weight is 398 g/mol. The summed E-state index contributed by atoms with van der Waals surface area (Å²) >= 11 is 8.29. The van der Waals surface area contributed by atoms with Crippen molar-refractivity contribution in [2.24, 2.45) is 0 Å². The number of para-hydroxylation sites is 1. The fourth-order valence-electron chi connectivity index (χ4n) is 2.68. The van der Waals surface area contributed by atoms with Crippen LogP contribution in [-0.2, 0) is 5.75 Å². The quantitative estimate of drug-likeness (QED) is 0.295. The van der Waals surface area contributed by atoms with Crippen LogP contribution < -0.4 is 5.56 Å². The summed E-state index contributed by atoms with van der Waals surface area (Å²) < 4.78 is 3.03. The number of thiazole rings is 1. The van der Waals surface area contributed by atoms with Crippen molar-refractivity contribution in [1.82, 2.24) is 14.5 Å². The summed E-state index contributed by atoms with van der Waals surface area (Å²) in [4.78, 5) is 20.1. The van der Waals surface area contributed by atoms with Crippen LogP contribution in [-0.4, -0.2) is 14.5 Å². The van der Waals surface area contributed by atoms with Gasteiger partial charge in [-0.25, -0.2) is 4.98 Å². The first-order valence-electron chi connectivity index (χ1n) is 8.02. The lowest BCUT2D eigenvalue weighted by Crippen LogP contribution is -2.09. The summed E-state index contributed by atoms with van der Waals surface area (Å²) in [7, 11) is 0. The molecular formula is C19H15N3OS3. The number of rotatable bonds is 4. The zero-order valence-corrected chi connectivity index (χ0v) is 16.4. The third kappa shape index (κ3) is 3.25. The van der Waals surface area contributed by atoms with Crippen LogP contribution in [0.2, 0.25) is 0 Å². The van der Waals surface area contributed by atoms with E-state index in [2.05, 4.69) is 24.0 Å². The molecule has 0 aliphatic heterocycles. The molecule has 0 fully saturated rings. The van der Waals surface area contributed by atoms with Crippen LogP contribution >= 0.6 is 35.3 Å². The Bertz CT molecular complexity index is 1190. The number of H-pyrrole nitrogens is 1. The SMILES string of the molecule is Cc1ccccc1CSc1nc2c(sc(=S)n2-c2ccccc2)c(=O)[nH]1. The Morgan fingerprint density at radius 3 is 2.65 bits per heavy atom. The van der Waals surface area contributed by atoms with Crippen molar-refractivity contribution in [3.05, 3.63) is 80.0 Å². The molecule has 1 N–H and O–H groups in total. The largest absolute Gasteiger partial charge is 0.300 e. The summed E-state index contributed by atoms with van der Waals surface area (Å²) in [6.07, 6.45) is 0. The molecule has 0 aliphatic rings. The van der Waals surface area contributed by atoms with Crippen molar-refractivity contribution in [2.45, 2.75) is 17.8 Å². The number of aromatic amines is 1. The molecule has 26 heavy (non-hydrogen) atoms. The maximum absolute atomic E-state index is 12.5. The standard InChI is InChI=1S/C19H15N3OS3/c1-12-7-5-6-8-13(12)11-25-18-20-16-15(17(23)21-18)26-19(24)22(16)14-9-3-2-4-10-14/h2-10H,11H2,1H3,(H,20,21,23). The van der Waals surface area contributed by atoms with Crippen molar-refractivity contribution >= 4 is 45.7 Å². The number of aromatic nitrogens is 3. The predicted octanol–water partition coefficient (Wildman–Crippen LogP) is 5.11. The van der Waals surface area contributed by atoms with Gasteiger partial charge in [-0.15, -0.1) is 0 Å². The summed E-state index contributed by atoms with van der Waals surface area (Å²) in [6.45, 7) is 2.08. The summed E-state index contributed by atoms with van der Waals surface area (Å²) in [5, 5.41) is 0.600. The molecule has 0 radical (unpaired) electrons. The fourth-order valence-corrected chi connectivity index (χ4v) is 4.89. The van der Waals surface area contributed by atoms with E-state index in [1.165, 1.54) is 34.2 Å². The third-order valence-electron chi connectivity index (χ3n) is 4.06. The van der Waals surface area contributed by atoms with Gasteiger partial charge in [0.05, 0.1) is 0 Å². The monoisotopic (exact) mass is 397 g/mol. The molecule has 0 bridgehead atoms. The van der Waals surface area contributed by atoms with E-state index < -0.39 is 0 Å². The van der Waals surface area contributed by atoms with Crippen LogP contribution in [0.1, 0.15) is 11.1 Å². The zero-order chi connectivity index (χ0) is 18.1. The van der Waals surface area contributed by atoms with Crippen LogP contribution in [0.5, 0.6) is 0 Å². The average Bonchev–Trinajstić information content (AvgIpc) is 2.98. The second-order valence-corrected chi connectivity index (χ2v) is 8.39. The number of nitrogens with one attached hydrogen (secondary N) is 1. The predicted molar refractivity (Wildman–Crippen MR) is 111 cm³/mol. The Labute approximate surface area is 163 Å². The van der Waals surface area contributed by atoms with E-state index in [9.17, 15) is 4.79 Å². The number of nitrogens with zero attached hydrogens (tertiary/aromatic N) is 2. The molecule has 0 saturated carbocycles. The highest BCUT2D eigenvalue weighted by Gasteiger charge is 2.14. The van der Waals surface area contributed by atoms with Crippen LogP contribution in [0.3, 0.4) is 0 Å². The van der Waals surface area contributed by atoms with Crippen LogP contribution in [0, 0.1) is 10.9 Å². The Balaban J connectivity index is 1.77. The van der Waals surface area contributed by atoms with E-state index in [-0.39, 0.29) is 5.56 Å². The van der Waals surface area contributed by atoms with Gasteiger partial charge < -0.3 is 4.98 Å². The van der Waals surface area contributed by atoms with Crippen molar-refractivity contribution in [3.63, 3.8) is 0 Å². The van der Waals surface area contributed by atoms with Gasteiger partial charge >= 0.3 is 0 Å². The van der Waals surface area contributed by atoms with Gasteiger partial charge in [-0.05, 0) is 42.4 Å². The van der Waals surface area contributed by atoms with Crippen molar-refractivity contribution in [3.8, 4) is 5.69 Å². The molecule has 2 heterocycles. The van der Waals surface area contributed by atoms with E-state index in [4.69, 9.17) is 17.2 Å². The first-order valence-corrected chi connectivity index (χ1v) is 10.2. The number of thioether (sulfide) groups is 1. The maximum Gasteiger partial charge on any atom is 0.271 e. The molecule has 4 rings (SSSR count). The normalized spacial score (nSPS) is 11.1. The molecule has 0 unspecified atom stereocenters. The van der Waals surface area contributed by atoms with Gasteiger partial charge in [-0.2, -0.15) is 0 Å². The fraction of sp³-hybridized carbons (Fsp3) is 0.105. The van der Waals surface area contributed by atoms with Gasteiger partial charge in [-0.1, -0.05) is 65.6 Å². The molecule has 2 aromatic heterocycles. The topological polar surface area (TPSA) is 50.7 Å². The number of hydrogen-bond acceptors (Lipinski definition) is 5.